The third-order valence-corrected chi connectivity index (χ3v) is 6.27. The number of carbonyl (C=O) groups excluding carboxylic acids is 2. The molecule has 0 fully saturated rings. The number of carbonyl (C=O) groups is 2. The number of hydrogen-bond acceptors (Lipinski definition) is 5. The molecule has 9 nitrogen and oxygen atoms in total. The summed E-state index contributed by atoms with van der Waals surface area (Å²) < 4.78 is 1.32. The van der Waals surface area contributed by atoms with E-state index in [2.05, 4.69) is 10.3 Å². The van der Waals surface area contributed by atoms with E-state index in [1.165, 1.54) is 9.47 Å². The standard InChI is InChI=1S/C25H35N5O4/c1-4-5-13-30-22(26)21(24(33)28-25(30)34)29(14-12-16(2)3)20(31)11-10-18-15-17-8-6-7-9-19(17)27-23(18)32/h6-9,16,18H,4-5,10-15,26H2,1-3H3,(H,27,32)(H,28,33,34). The van der Waals surface area contributed by atoms with E-state index in [4.69, 9.17) is 5.73 Å². The van der Waals surface area contributed by atoms with Crippen molar-refractivity contribution >= 4 is 29.0 Å². The molecule has 0 saturated heterocycles. The zero-order valence-corrected chi connectivity index (χ0v) is 20.2. The molecule has 4 N–H and O–H groups in total. The molecule has 0 radical (unpaired) electrons. The van der Waals surface area contributed by atoms with Crippen molar-refractivity contribution in [3.8, 4) is 0 Å². The summed E-state index contributed by atoms with van der Waals surface area (Å²) in [6.45, 7) is 6.71. The van der Waals surface area contributed by atoms with E-state index in [1.54, 1.807) is 0 Å². The van der Waals surface area contributed by atoms with E-state index < -0.39 is 11.2 Å². The molecule has 0 aliphatic carbocycles. The third kappa shape index (κ3) is 5.76. The molecule has 1 aliphatic rings. The number of unbranched alkanes of at least 4 members (excludes halogenated alkanes) is 1. The van der Waals surface area contributed by atoms with Crippen molar-refractivity contribution in [1.82, 2.24) is 9.55 Å². The molecule has 1 aromatic carbocycles. The van der Waals surface area contributed by atoms with Crippen LogP contribution in [-0.2, 0) is 22.6 Å². The summed E-state index contributed by atoms with van der Waals surface area (Å²) in [5, 5.41) is 2.91. The maximum absolute atomic E-state index is 13.4. The van der Waals surface area contributed by atoms with Crippen LogP contribution in [0.15, 0.2) is 33.9 Å². The number of rotatable bonds is 10. The number of nitrogens with two attached hydrogens (primary N) is 1. The molecular formula is C25H35N5O4. The summed E-state index contributed by atoms with van der Waals surface area (Å²) >= 11 is 0. The molecule has 2 heterocycles. The molecule has 0 bridgehead atoms. The first-order chi connectivity index (χ1) is 16.2. The Labute approximate surface area is 199 Å². The first-order valence-corrected chi connectivity index (χ1v) is 12.0. The minimum Gasteiger partial charge on any atom is -0.383 e. The Balaban J connectivity index is 1.84. The van der Waals surface area contributed by atoms with Crippen LogP contribution < -0.4 is 27.2 Å². The van der Waals surface area contributed by atoms with Gasteiger partial charge in [0.05, 0.1) is 0 Å². The Bertz CT molecular complexity index is 1150. The van der Waals surface area contributed by atoms with Gasteiger partial charge in [-0.05, 0) is 43.2 Å². The lowest BCUT2D eigenvalue weighted by Crippen LogP contribution is -2.42. The van der Waals surface area contributed by atoms with E-state index in [1.807, 2.05) is 45.0 Å². The van der Waals surface area contributed by atoms with Gasteiger partial charge in [0.25, 0.3) is 5.56 Å². The number of anilines is 3. The van der Waals surface area contributed by atoms with Crippen molar-refractivity contribution in [2.75, 3.05) is 22.5 Å². The highest BCUT2D eigenvalue weighted by Crippen LogP contribution is 2.28. The predicted octanol–water partition coefficient (Wildman–Crippen LogP) is 2.89. The minimum absolute atomic E-state index is 0.00337. The van der Waals surface area contributed by atoms with E-state index in [-0.39, 0.29) is 35.7 Å². The molecule has 0 spiro atoms. The molecule has 2 aromatic rings. The van der Waals surface area contributed by atoms with E-state index >= 15 is 0 Å². The van der Waals surface area contributed by atoms with Gasteiger partial charge in [-0.25, -0.2) is 4.79 Å². The van der Waals surface area contributed by atoms with Gasteiger partial charge < -0.3 is 16.0 Å². The van der Waals surface area contributed by atoms with Gasteiger partial charge in [-0.3, -0.25) is 23.9 Å². The van der Waals surface area contributed by atoms with Gasteiger partial charge in [0.2, 0.25) is 11.8 Å². The zero-order chi connectivity index (χ0) is 24.8. The lowest BCUT2D eigenvalue weighted by molar-refractivity contribution is -0.121. The number of aromatic nitrogens is 2. The maximum atomic E-state index is 13.4. The molecule has 184 valence electrons. The van der Waals surface area contributed by atoms with Gasteiger partial charge in [0.15, 0.2) is 5.69 Å². The van der Waals surface area contributed by atoms with Gasteiger partial charge in [-0.1, -0.05) is 45.4 Å². The Morgan fingerprint density at radius 3 is 2.68 bits per heavy atom. The molecule has 9 heteroatoms. The minimum atomic E-state index is -0.670. The maximum Gasteiger partial charge on any atom is 0.330 e. The lowest BCUT2D eigenvalue weighted by atomic mass is 9.89. The molecule has 0 saturated carbocycles. The molecule has 2 amide bonds. The molecular weight excluding hydrogens is 434 g/mol. The number of H-pyrrole nitrogens is 1. The van der Waals surface area contributed by atoms with Crippen molar-refractivity contribution in [3.63, 3.8) is 0 Å². The summed E-state index contributed by atoms with van der Waals surface area (Å²) in [5.41, 5.74) is 6.89. The fourth-order valence-corrected chi connectivity index (χ4v) is 4.20. The van der Waals surface area contributed by atoms with Gasteiger partial charge >= 0.3 is 5.69 Å². The Morgan fingerprint density at radius 2 is 1.97 bits per heavy atom. The second kappa shape index (κ2) is 11.2. The number of nitrogen functional groups attached to an aromatic ring is 1. The van der Waals surface area contributed by atoms with Gasteiger partial charge in [-0.15, -0.1) is 0 Å². The van der Waals surface area contributed by atoms with Crippen LogP contribution in [0.25, 0.3) is 0 Å². The van der Waals surface area contributed by atoms with Crippen molar-refractivity contribution < 1.29 is 9.59 Å². The lowest BCUT2D eigenvalue weighted by Gasteiger charge is -2.27. The number of para-hydroxylation sites is 1. The first kappa shape index (κ1) is 25.3. The van der Waals surface area contributed by atoms with Crippen molar-refractivity contribution in [1.29, 1.82) is 0 Å². The summed E-state index contributed by atoms with van der Waals surface area (Å²) in [5.74, 6) is -0.429. The fraction of sp³-hybridized carbons (Fsp3) is 0.520. The number of hydrogen-bond donors (Lipinski definition) is 3. The van der Waals surface area contributed by atoms with Gasteiger partial charge in [0.1, 0.15) is 5.82 Å². The first-order valence-electron chi connectivity index (χ1n) is 12.0. The van der Waals surface area contributed by atoms with Gasteiger partial charge in [0, 0.05) is 31.1 Å². The summed E-state index contributed by atoms with van der Waals surface area (Å²) in [6, 6.07) is 7.63. The third-order valence-electron chi connectivity index (χ3n) is 6.27. The Hall–Kier alpha value is -3.36. The van der Waals surface area contributed by atoms with Gasteiger partial charge in [-0.2, -0.15) is 0 Å². The topological polar surface area (TPSA) is 130 Å². The average molecular weight is 470 g/mol. The van der Waals surface area contributed by atoms with Crippen LogP contribution in [0.3, 0.4) is 0 Å². The number of fused-ring (bicyclic) bond motifs is 1. The zero-order valence-electron chi connectivity index (χ0n) is 20.2. The normalized spacial score (nSPS) is 15.2. The second-order valence-corrected chi connectivity index (χ2v) is 9.31. The molecule has 3 rings (SSSR count). The van der Waals surface area contributed by atoms with E-state index in [9.17, 15) is 19.2 Å². The average Bonchev–Trinajstić information content (AvgIpc) is 2.79. The van der Waals surface area contributed by atoms with Crippen LogP contribution in [-0.4, -0.2) is 27.9 Å². The van der Waals surface area contributed by atoms with Crippen LogP contribution in [0, 0.1) is 11.8 Å². The second-order valence-electron chi connectivity index (χ2n) is 9.31. The predicted molar refractivity (Wildman–Crippen MR) is 134 cm³/mol. The molecule has 34 heavy (non-hydrogen) atoms. The molecule has 1 aliphatic heterocycles. The number of nitrogens with zero attached hydrogens (tertiary/aromatic N) is 2. The number of nitrogens with one attached hydrogen (secondary N) is 2. The van der Waals surface area contributed by atoms with Crippen LogP contribution in [0.4, 0.5) is 17.2 Å². The monoisotopic (exact) mass is 469 g/mol. The highest BCUT2D eigenvalue weighted by Gasteiger charge is 2.29. The Morgan fingerprint density at radius 1 is 1.24 bits per heavy atom. The van der Waals surface area contributed by atoms with E-state index in [0.717, 1.165) is 17.7 Å². The number of benzene rings is 1. The Kier molecular flexibility index (Phi) is 8.31. The summed E-state index contributed by atoms with van der Waals surface area (Å²) in [6.07, 6.45) is 3.23. The fourth-order valence-electron chi connectivity index (χ4n) is 4.20. The quantitative estimate of drug-likeness (QED) is 0.493. The molecule has 1 aromatic heterocycles. The van der Waals surface area contributed by atoms with Crippen LogP contribution in [0.2, 0.25) is 0 Å². The largest absolute Gasteiger partial charge is 0.383 e. The van der Waals surface area contributed by atoms with Crippen LogP contribution >= 0.6 is 0 Å². The number of aromatic amines is 1. The molecule has 1 unspecified atom stereocenters. The van der Waals surface area contributed by atoms with Crippen LogP contribution in [0.5, 0.6) is 0 Å². The molecule has 1 atom stereocenters. The van der Waals surface area contributed by atoms with Crippen molar-refractivity contribution in [3.05, 3.63) is 50.7 Å². The number of amides is 2. The summed E-state index contributed by atoms with van der Waals surface area (Å²) in [7, 11) is 0. The summed E-state index contributed by atoms with van der Waals surface area (Å²) in [4.78, 5) is 54.7. The van der Waals surface area contributed by atoms with Crippen LogP contribution in [0.1, 0.15) is 58.4 Å². The SMILES string of the molecule is CCCCn1c(N)c(N(CCC(C)C)C(=O)CCC2Cc3ccccc3NC2=O)c(=O)[nH]c1=O. The highest BCUT2D eigenvalue weighted by molar-refractivity contribution is 5.98. The van der Waals surface area contributed by atoms with Crippen molar-refractivity contribution in [2.24, 2.45) is 11.8 Å². The highest BCUT2D eigenvalue weighted by atomic mass is 16.2. The van der Waals surface area contributed by atoms with E-state index in [0.29, 0.717) is 44.7 Å². The smallest absolute Gasteiger partial charge is 0.330 e. The van der Waals surface area contributed by atoms with Crippen molar-refractivity contribution in [2.45, 2.75) is 65.8 Å².